The molecule has 0 saturated heterocycles. The molecule has 0 fully saturated rings. The molecule has 2 N–H and O–H groups in total. The van der Waals surface area contributed by atoms with Crippen molar-refractivity contribution < 1.29 is 4.74 Å². The van der Waals surface area contributed by atoms with Crippen molar-refractivity contribution >= 4 is 16.6 Å². The fraction of sp³-hybridized carbons (Fsp3) is 0.118. The number of anilines is 1. The molecule has 0 aliphatic carbocycles. The van der Waals surface area contributed by atoms with Gasteiger partial charge in [-0.15, -0.1) is 6.58 Å². The van der Waals surface area contributed by atoms with Crippen LogP contribution in [0.1, 0.15) is 0 Å². The Kier molecular flexibility index (Phi) is 3.36. The number of fused-ring (bicyclic) bond motifs is 1. The van der Waals surface area contributed by atoms with Crippen LogP contribution in [0.2, 0.25) is 0 Å². The highest BCUT2D eigenvalue weighted by Crippen LogP contribution is 2.35. The van der Waals surface area contributed by atoms with Crippen LogP contribution in [0.3, 0.4) is 0 Å². The summed E-state index contributed by atoms with van der Waals surface area (Å²) in [7, 11) is 1.68. The van der Waals surface area contributed by atoms with E-state index in [0.717, 1.165) is 27.8 Å². The first kappa shape index (κ1) is 13.2. The van der Waals surface area contributed by atoms with Crippen LogP contribution in [0, 0.1) is 0 Å². The largest absolute Gasteiger partial charge is 0.496 e. The summed E-state index contributed by atoms with van der Waals surface area (Å²) in [5, 5.41) is 2.13. The van der Waals surface area contributed by atoms with Crippen LogP contribution in [-0.4, -0.2) is 16.7 Å². The minimum atomic E-state index is 0.644. The Labute approximate surface area is 123 Å². The summed E-state index contributed by atoms with van der Waals surface area (Å²) < 4.78 is 7.30. The molecule has 2 aromatic carbocycles. The smallest absolute Gasteiger partial charge is 0.131 e. The summed E-state index contributed by atoms with van der Waals surface area (Å²) in [6, 6.07) is 12.0. The van der Waals surface area contributed by atoms with Gasteiger partial charge in [-0.1, -0.05) is 30.3 Å². The van der Waals surface area contributed by atoms with Crippen molar-refractivity contribution in [1.82, 2.24) is 9.55 Å². The van der Waals surface area contributed by atoms with Gasteiger partial charge in [0.25, 0.3) is 0 Å². The van der Waals surface area contributed by atoms with Gasteiger partial charge < -0.3 is 15.0 Å². The molecule has 0 atom stereocenters. The Morgan fingerprint density at radius 3 is 2.71 bits per heavy atom. The van der Waals surface area contributed by atoms with Crippen molar-refractivity contribution in [1.29, 1.82) is 0 Å². The molecule has 3 aromatic rings. The second kappa shape index (κ2) is 5.32. The first-order chi connectivity index (χ1) is 10.3. The lowest BCUT2D eigenvalue weighted by atomic mass is 10.0. The fourth-order valence-corrected chi connectivity index (χ4v) is 2.54. The molecular formula is C17H17N3O. The number of imidazole rings is 1. The van der Waals surface area contributed by atoms with E-state index in [2.05, 4.69) is 17.6 Å². The van der Waals surface area contributed by atoms with Gasteiger partial charge in [-0.2, -0.15) is 0 Å². The first-order valence-corrected chi connectivity index (χ1v) is 6.74. The molecule has 0 aliphatic rings. The topological polar surface area (TPSA) is 53.1 Å². The molecule has 21 heavy (non-hydrogen) atoms. The predicted molar refractivity (Wildman–Crippen MR) is 86.3 cm³/mol. The summed E-state index contributed by atoms with van der Waals surface area (Å²) in [5.41, 5.74) is 8.00. The molecular weight excluding hydrogens is 262 g/mol. The van der Waals surface area contributed by atoms with Gasteiger partial charge >= 0.3 is 0 Å². The van der Waals surface area contributed by atoms with Gasteiger partial charge in [-0.25, -0.2) is 4.98 Å². The lowest BCUT2D eigenvalue weighted by Crippen LogP contribution is -2.00. The Balaban J connectivity index is 2.24. The molecule has 1 aromatic heterocycles. The minimum Gasteiger partial charge on any atom is -0.496 e. The minimum absolute atomic E-state index is 0.644. The van der Waals surface area contributed by atoms with E-state index >= 15 is 0 Å². The molecule has 106 valence electrons. The molecule has 1 heterocycles. The highest BCUT2D eigenvalue weighted by atomic mass is 16.5. The van der Waals surface area contributed by atoms with Gasteiger partial charge in [0.05, 0.1) is 13.4 Å². The number of hydrogen-bond donors (Lipinski definition) is 1. The lowest BCUT2D eigenvalue weighted by molar-refractivity contribution is 0.420. The van der Waals surface area contributed by atoms with Crippen LogP contribution in [0.5, 0.6) is 5.75 Å². The number of nitrogens with two attached hydrogens (primary N) is 1. The van der Waals surface area contributed by atoms with Gasteiger partial charge in [0.1, 0.15) is 17.3 Å². The van der Waals surface area contributed by atoms with Crippen molar-refractivity contribution in [3.05, 3.63) is 55.4 Å². The van der Waals surface area contributed by atoms with Crippen LogP contribution in [0.25, 0.3) is 22.0 Å². The number of allylic oxidation sites excluding steroid dienone is 1. The van der Waals surface area contributed by atoms with Crippen molar-refractivity contribution in [2.75, 3.05) is 12.8 Å². The van der Waals surface area contributed by atoms with Crippen molar-refractivity contribution in [3.63, 3.8) is 0 Å². The summed E-state index contributed by atoms with van der Waals surface area (Å²) in [4.78, 5) is 4.46. The zero-order valence-electron chi connectivity index (χ0n) is 11.9. The maximum absolute atomic E-state index is 6.20. The Morgan fingerprint density at radius 1 is 1.24 bits per heavy atom. The second-order valence-electron chi connectivity index (χ2n) is 4.78. The van der Waals surface area contributed by atoms with Crippen molar-refractivity contribution in [3.8, 4) is 17.0 Å². The van der Waals surface area contributed by atoms with Crippen LogP contribution >= 0.6 is 0 Å². The molecule has 0 bridgehead atoms. The van der Waals surface area contributed by atoms with E-state index in [9.17, 15) is 0 Å². The number of ether oxygens (including phenoxy) is 1. The number of methoxy groups -OCH3 is 1. The monoisotopic (exact) mass is 279 g/mol. The van der Waals surface area contributed by atoms with Crippen molar-refractivity contribution in [2.45, 2.75) is 6.54 Å². The summed E-state index contributed by atoms with van der Waals surface area (Å²) in [6.45, 7) is 4.38. The Bertz CT molecular complexity index is 805. The zero-order valence-corrected chi connectivity index (χ0v) is 11.9. The second-order valence-corrected chi connectivity index (χ2v) is 4.78. The third-order valence-electron chi connectivity index (χ3n) is 3.56. The number of aromatic nitrogens is 2. The highest BCUT2D eigenvalue weighted by Gasteiger charge is 2.14. The normalized spacial score (nSPS) is 10.7. The van der Waals surface area contributed by atoms with Crippen LogP contribution in [0.4, 0.5) is 5.82 Å². The van der Waals surface area contributed by atoms with Gasteiger partial charge in [-0.05, 0) is 17.5 Å². The summed E-state index contributed by atoms with van der Waals surface area (Å²) >= 11 is 0. The third kappa shape index (κ3) is 2.14. The molecule has 0 amide bonds. The van der Waals surface area contributed by atoms with Gasteiger partial charge in [-0.3, -0.25) is 0 Å². The standard InChI is InChI=1S/C17H17N3O/c1-3-10-20-11-19-16(17(20)18)14-8-9-15(21-2)13-7-5-4-6-12(13)14/h3-9,11H,1,10,18H2,2H3. The van der Waals surface area contributed by atoms with E-state index in [-0.39, 0.29) is 0 Å². The number of rotatable bonds is 4. The summed E-state index contributed by atoms with van der Waals surface area (Å²) in [6.07, 6.45) is 3.54. The SMILES string of the molecule is C=CCn1cnc(-c2ccc(OC)c3ccccc23)c1N. The first-order valence-electron chi connectivity index (χ1n) is 6.74. The van der Waals surface area contributed by atoms with Gasteiger partial charge in [0.15, 0.2) is 0 Å². The van der Waals surface area contributed by atoms with Crippen LogP contribution in [0.15, 0.2) is 55.4 Å². The maximum atomic E-state index is 6.20. The van der Waals surface area contributed by atoms with Crippen LogP contribution < -0.4 is 10.5 Å². The lowest BCUT2D eigenvalue weighted by Gasteiger charge is -2.10. The third-order valence-corrected chi connectivity index (χ3v) is 3.56. The zero-order chi connectivity index (χ0) is 14.8. The number of nitrogens with zero attached hydrogens (tertiary/aromatic N) is 2. The van der Waals surface area contributed by atoms with E-state index in [1.54, 1.807) is 19.5 Å². The van der Waals surface area contributed by atoms with Gasteiger partial charge in [0.2, 0.25) is 0 Å². The van der Waals surface area contributed by atoms with E-state index in [1.807, 2.05) is 34.9 Å². The molecule has 0 radical (unpaired) electrons. The molecule has 4 heteroatoms. The number of nitrogen functional groups attached to an aromatic ring is 1. The van der Waals surface area contributed by atoms with Crippen LogP contribution in [-0.2, 0) is 6.54 Å². The number of benzene rings is 2. The molecule has 3 rings (SSSR count). The van der Waals surface area contributed by atoms with E-state index in [4.69, 9.17) is 10.5 Å². The quantitative estimate of drug-likeness (QED) is 0.744. The average molecular weight is 279 g/mol. The van der Waals surface area contributed by atoms with E-state index in [1.165, 1.54) is 0 Å². The van der Waals surface area contributed by atoms with E-state index < -0.39 is 0 Å². The fourth-order valence-electron chi connectivity index (χ4n) is 2.54. The molecule has 0 unspecified atom stereocenters. The van der Waals surface area contributed by atoms with E-state index in [0.29, 0.717) is 12.4 Å². The van der Waals surface area contributed by atoms with Crippen molar-refractivity contribution in [2.24, 2.45) is 0 Å². The Hall–Kier alpha value is -2.75. The predicted octanol–water partition coefficient (Wildman–Crippen LogP) is 3.48. The molecule has 0 aliphatic heterocycles. The molecule has 0 spiro atoms. The molecule has 4 nitrogen and oxygen atoms in total. The van der Waals surface area contributed by atoms with Gasteiger partial charge in [0, 0.05) is 17.5 Å². The highest BCUT2D eigenvalue weighted by molar-refractivity contribution is 6.00. The Morgan fingerprint density at radius 2 is 2.00 bits per heavy atom. The average Bonchev–Trinajstić information content (AvgIpc) is 2.88. The number of hydrogen-bond acceptors (Lipinski definition) is 3. The maximum Gasteiger partial charge on any atom is 0.131 e. The summed E-state index contributed by atoms with van der Waals surface area (Å²) in [5.74, 6) is 1.49. The molecule has 0 saturated carbocycles.